The molecule has 0 spiro atoms. The molecule has 1 aromatic heterocycles. The summed E-state index contributed by atoms with van der Waals surface area (Å²) in [7, 11) is 0. The van der Waals surface area contributed by atoms with Gasteiger partial charge in [0.2, 0.25) is 0 Å². The smallest absolute Gasteiger partial charge is 0.136 e. The summed E-state index contributed by atoms with van der Waals surface area (Å²) in [5, 5.41) is 3.50. The molecule has 1 aliphatic heterocycles. The van der Waals surface area contributed by atoms with Gasteiger partial charge in [-0.25, -0.2) is 4.98 Å². The third kappa shape index (κ3) is 2.65. The molecule has 2 unspecified atom stereocenters. The van der Waals surface area contributed by atoms with Crippen LogP contribution >= 0.6 is 12.2 Å². The second-order valence-electron chi connectivity index (χ2n) is 5.76. The molecule has 1 aliphatic carbocycles. The quantitative estimate of drug-likeness (QED) is 0.831. The number of anilines is 1. The van der Waals surface area contributed by atoms with E-state index in [2.05, 4.69) is 18.3 Å². The molecule has 0 amide bonds. The maximum Gasteiger partial charge on any atom is 0.136 e. The number of nitrogens with zero attached hydrogens (tertiary/aromatic N) is 1. The topological polar surface area (TPSA) is 60.2 Å². The molecule has 2 heterocycles. The fourth-order valence-electron chi connectivity index (χ4n) is 3.05. The van der Waals surface area contributed by atoms with Crippen molar-refractivity contribution in [1.29, 1.82) is 0 Å². The van der Waals surface area contributed by atoms with Crippen LogP contribution < -0.4 is 11.1 Å². The van der Waals surface area contributed by atoms with E-state index in [-0.39, 0.29) is 0 Å². The van der Waals surface area contributed by atoms with Gasteiger partial charge in [-0.05, 0) is 44.2 Å². The summed E-state index contributed by atoms with van der Waals surface area (Å²) in [4.78, 5) is 5.19. The van der Waals surface area contributed by atoms with Crippen LogP contribution in [0.2, 0.25) is 0 Å². The van der Waals surface area contributed by atoms with Gasteiger partial charge in [-0.2, -0.15) is 0 Å². The van der Waals surface area contributed by atoms with E-state index in [1.807, 2.05) is 0 Å². The molecule has 0 aromatic carbocycles. The Labute approximate surface area is 125 Å². The summed E-state index contributed by atoms with van der Waals surface area (Å²) < 4.78 is 5.46. The number of nitrogens with two attached hydrogens (primary N) is 1. The monoisotopic (exact) mass is 291 g/mol. The van der Waals surface area contributed by atoms with E-state index in [0.29, 0.717) is 16.9 Å². The molecule has 0 saturated carbocycles. The minimum Gasteiger partial charge on any atom is -0.389 e. The molecule has 2 atom stereocenters. The van der Waals surface area contributed by atoms with Gasteiger partial charge in [0.05, 0.1) is 12.2 Å². The molecule has 1 fully saturated rings. The first-order valence-corrected chi connectivity index (χ1v) is 7.73. The lowest BCUT2D eigenvalue weighted by Crippen LogP contribution is -2.28. The average molecular weight is 291 g/mol. The molecule has 5 heteroatoms. The van der Waals surface area contributed by atoms with Gasteiger partial charge in [0.25, 0.3) is 0 Å². The minimum absolute atomic E-state index is 0.317. The Kier molecular flexibility index (Phi) is 3.89. The fraction of sp³-hybridized carbons (Fsp3) is 0.600. The van der Waals surface area contributed by atoms with Crippen LogP contribution in [0.1, 0.15) is 36.6 Å². The van der Waals surface area contributed by atoms with Crippen LogP contribution in [0.5, 0.6) is 0 Å². The number of rotatable bonds is 4. The highest BCUT2D eigenvalue weighted by atomic mass is 32.1. The highest BCUT2D eigenvalue weighted by Gasteiger charge is 2.24. The third-order valence-electron chi connectivity index (χ3n) is 4.35. The third-order valence-corrected chi connectivity index (χ3v) is 4.57. The van der Waals surface area contributed by atoms with E-state index in [1.165, 1.54) is 17.7 Å². The fourth-order valence-corrected chi connectivity index (χ4v) is 3.21. The number of fused-ring (bicyclic) bond motifs is 1. The summed E-state index contributed by atoms with van der Waals surface area (Å²) in [6.07, 6.45) is 4.42. The second kappa shape index (κ2) is 5.66. The average Bonchev–Trinajstić information content (AvgIpc) is 3.08. The highest BCUT2D eigenvalue weighted by molar-refractivity contribution is 7.80. The lowest BCUT2D eigenvalue weighted by Gasteiger charge is -2.22. The van der Waals surface area contributed by atoms with E-state index in [4.69, 9.17) is 27.7 Å². The molecule has 1 saturated heterocycles. The molecule has 0 radical (unpaired) electrons. The number of aryl methyl sites for hydroxylation is 2. The van der Waals surface area contributed by atoms with Gasteiger partial charge in [0.15, 0.2) is 0 Å². The number of nitrogens with one attached hydrogen (secondary N) is 1. The van der Waals surface area contributed by atoms with Crippen LogP contribution in [0.3, 0.4) is 0 Å². The summed E-state index contributed by atoms with van der Waals surface area (Å²) in [5.74, 6) is 1.38. The molecule has 1 aromatic rings. The van der Waals surface area contributed by atoms with Crippen LogP contribution in [0.25, 0.3) is 0 Å². The Bertz CT molecular complexity index is 526. The summed E-state index contributed by atoms with van der Waals surface area (Å²) in [6.45, 7) is 3.86. The van der Waals surface area contributed by atoms with Crippen LogP contribution in [-0.2, 0) is 17.6 Å². The number of hydrogen-bond donors (Lipinski definition) is 2. The van der Waals surface area contributed by atoms with Crippen molar-refractivity contribution >= 4 is 23.0 Å². The first-order valence-electron chi connectivity index (χ1n) is 7.32. The SMILES string of the molecule is CC(Nc1nc2c(cc1C(N)=S)CCC2)C1CCOC1. The zero-order valence-corrected chi connectivity index (χ0v) is 12.6. The highest BCUT2D eigenvalue weighted by Crippen LogP contribution is 2.27. The van der Waals surface area contributed by atoms with Crippen LogP contribution in [-0.4, -0.2) is 29.2 Å². The van der Waals surface area contributed by atoms with Gasteiger partial charge in [-0.15, -0.1) is 0 Å². The Morgan fingerprint density at radius 1 is 1.55 bits per heavy atom. The van der Waals surface area contributed by atoms with Crippen molar-refractivity contribution in [3.8, 4) is 0 Å². The Hall–Kier alpha value is -1.20. The van der Waals surface area contributed by atoms with Crippen molar-refractivity contribution in [1.82, 2.24) is 4.98 Å². The number of ether oxygens (including phenoxy) is 1. The lowest BCUT2D eigenvalue weighted by molar-refractivity contribution is 0.183. The van der Waals surface area contributed by atoms with Crippen molar-refractivity contribution in [2.24, 2.45) is 11.7 Å². The van der Waals surface area contributed by atoms with Crippen LogP contribution in [0, 0.1) is 5.92 Å². The van der Waals surface area contributed by atoms with Crippen LogP contribution in [0.15, 0.2) is 6.07 Å². The van der Waals surface area contributed by atoms with Crippen LogP contribution in [0.4, 0.5) is 5.82 Å². The Balaban J connectivity index is 1.85. The number of aromatic nitrogens is 1. The number of hydrogen-bond acceptors (Lipinski definition) is 4. The molecule has 2 aliphatic rings. The standard InChI is InChI=1S/C15H21N3OS/c1-9(11-5-6-19-8-11)17-15-12(14(16)20)7-10-3-2-4-13(10)18-15/h7,9,11H,2-6,8H2,1H3,(H2,16,20)(H,17,18). The summed E-state index contributed by atoms with van der Waals surface area (Å²) in [5.41, 5.74) is 9.24. The van der Waals surface area contributed by atoms with Gasteiger partial charge in [-0.3, -0.25) is 0 Å². The first-order chi connectivity index (χ1) is 9.65. The maximum atomic E-state index is 5.86. The van der Waals surface area contributed by atoms with Gasteiger partial charge in [0.1, 0.15) is 10.8 Å². The molecule has 3 N–H and O–H groups in total. The molecule has 4 nitrogen and oxygen atoms in total. The van der Waals surface area contributed by atoms with Gasteiger partial charge < -0.3 is 15.8 Å². The predicted molar refractivity (Wildman–Crippen MR) is 84.2 cm³/mol. The van der Waals surface area contributed by atoms with Crippen molar-refractivity contribution < 1.29 is 4.74 Å². The summed E-state index contributed by atoms with van der Waals surface area (Å²) in [6, 6.07) is 2.44. The van der Waals surface area contributed by atoms with Crippen molar-refractivity contribution in [2.75, 3.05) is 18.5 Å². The molecular weight excluding hydrogens is 270 g/mol. The minimum atomic E-state index is 0.317. The van der Waals surface area contributed by atoms with Gasteiger partial charge in [-0.1, -0.05) is 12.2 Å². The summed E-state index contributed by atoms with van der Waals surface area (Å²) >= 11 is 5.18. The molecule has 0 bridgehead atoms. The van der Waals surface area contributed by atoms with E-state index >= 15 is 0 Å². The number of pyridine rings is 1. The lowest BCUT2D eigenvalue weighted by atomic mass is 10.0. The molecular formula is C15H21N3OS. The van der Waals surface area contributed by atoms with E-state index in [9.17, 15) is 0 Å². The normalized spacial score (nSPS) is 22.6. The number of thiocarbonyl (C=S) groups is 1. The van der Waals surface area contributed by atoms with Crippen molar-refractivity contribution in [2.45, 2.75) is 38.6 Å². The largest absolute Gasteiger partial charge is 0.389 e. The Morgan fingerprint density at radius 3 is 3.10 bits per heavy atom. The molecule has 3 rings (SSSR count). The maximum absolute atomic E-state index is 5.86. The Morgan fingerprint density at radius 2 is 2.40 bits per heavy atom. The van der Waals surface area contributed by atoms with Crippen molar-refractivity contribution in [3.05, 3.63) is 22.9 Å². The zero-order valence-electron chi connectivity index (χ0n) is 11.8. The van der Waals surface area contributed by atoms with Gasteiger partial charge in [0, 0.05) is 24.3 Å². The van der Waals surface area contributed by atoms with E-state index < -0.39 is 0 Å². The van der Waals surface area contributed by atoms with Gasteiger partial charge >= 0.3 is 0 Å². The van der Waals surface area contributed by atoms with Crippen molar-refractivity contribution in [3.63, 3.8) is 0 Å². The van der Waals surface area contributed by atoms with E-state index in [1.54, 1.807) is 0 Å². The second-order valence-corrected chi connectivity index (χ2v) is 6.20. The zero-order chi connectivity index (χ0) is 14.1. The first kappa shape index (κ1) is 13.8. The molecule has 20 heavy (non-hydrogen) atoms. The molecule has 108 valence electrons. The predicted octanol–water partition coefficient (Wildman–Crippen LogP) is 2.04. The van der Waals surface area contributed by atoms with E-state index in [0.717, 1.165) is 43.9 Å².